The summed E-state index contributed by atoms with van der Waals surface area (Å²) in [6, 6.07) is 2.25. The molecule has 0 aliphatic rings. The predicted octanol–water partition coefficient (Wildman–Crippen LogP) is 0.769. The summed E-state index contributed by atoms with van der Waals surface area (Å²) in [4.78, 5) is 36.6. The SMILES string of the molecule is COC(=O)c1cc(C(C)=O)nc(C(=O)O)c1. The van der Waals surface area contributed by atoms with E-state index < -0.39 is 17.7 Å². The van der Waals surface area contributed by atoms with Crippen molar-refractivity contribution < 1.29 is 24.2 Å². The molecule has 1 rings (SSSR count). The smallest absolute Gasteiger partial charge is 0.354 e. The van der Waals surface area contributed by atoms with Gasteiger partial charge in [0.1, 0.15) is 11.4 Å². The molecule has 0 saturated heterocycles. The van der Waals surface area contributed by atoms with E-state index in [-0.39, 0.29) is 17.0 Å². The number of aromatic nitrogens is 1. The molecule has 6 nitrogen and oxygen atoms in total. The summed E-state index contributed by atoms with van der Waals surface area (Å²) < 4.78 is 4.43. The van der Waals surface area contributed by atoms with Crippen LogP contribution >= 0.6 is 0 Å². The van der Waals surface area contributed by atoms with E-state index in [9.17, 15) is 14.4 Å². The van der Waals surface area contributed by atoms with Crippen LogP contribution in [0.25, 0.3) is 0 Å². The van der Waals surface area contributed by atoms with Crippen LogP contribution in [0.15, 0.2) is 12.1 Å². The van der Waals surface area contributed by atoms with E-state index in [0.29, 0.717) is 0 Å². The normalized spacial score (nSPS) is 9.62. The molecule has 6 heteroatoms. The molecular formula is C10H9NO5. The van der Waals surface area contributed by atoms with Crippen LogP contribution in [0.5, 0.6) is 0 Å². The topological polar surface area (TPSA) is 93.6 Å². The average Bonchev–Trinajstić information content (AvgIpc) is 2.27. The van der Waals surface area contributed by atoms with Gasteiger partial charge in [-0.05, 0) is 12.1 Å². The maximum Gasteiger partial charge on any atom is 0.354 e. The molecule has 0 aromatic carbocycles. The third kappa shape index (κ3) is 2.41. The van der Waals surface area contributed by atoms with Crippen molar-refractivity contribution in [2.45, 2.75) is 6.92 Å². The predicted molar refractivity (Wildman–Crippen MR) is 52.5 cm³/mol. The first-order valence-electron chi connectivity index (χ1n) is 4.30. The van der Waals surface area contributed by atoms with Crippen LogP contribution in [-0.4, -0.2) is 34.9 Å². The van der Waals surface area contributed by atoms with Crippen molar-refractivity contribution in [3.05, 3.63) is 29.1 Å². The van der Waals surface area contributed by atoms with E-state index in [1.807, 2.05) is 0 Å². The number of esters is 1. The van der Waals surface area contributed by atoms with Gasteiger partial charge in [-0.1, -0.05) is 0 Å². The molecule has 0 unspecified atom stereocenters. The Morgan fingerprint density at radius 1 is 1.25 bits per heavy atom. The lowest BCUT2D eigenvalue weighted by Crippen LogP contribution is -2.11. The number of ketones is 1. The molecule has 1 aromatic rings. The highest BCUT2D eigenvalue weighted by Crippen LogP contribution is 2.08. The minimum atomic E-state index is -1.31. The third-order valence-electron chi connectivity index (χ3n) is 1.83. The Morgan fingerprint density at radius 2 is 1.81 bits per heavy atom. The highest BCUT2D eigenvalue weighted by molar-refractivity contribution is 5.99. The van der Waals surface area contributed by atoms with Crippen molar-refractivity contribution in [3.63, 3.8) is 0 Å². The fourth-order valence-electron chi connectivity index (χ4n) is 1.06. The Hall–Kier alpha value is -2.24. The van der Waals surface area contributed by atoms with Crippen LogP contribution in [0.4, 0.5) is 0 Å². The molecule has 0 spiro atoms. The molecule has 1 heterocycles. The number of nitrogens with zero attached hydrogens (tertiary/aromatic N) is 1. The maximum atomic E-state index is 11.2. The minimum absolute atomic E-state index is 0.0138. The van der Waals surface area contributed by atoms with Gasteiger partial charge in [0.25, 0.3) is 0 Å². The largest absolute Gasteiger partial charge is 0.477 e. The fraction of sp³-hybridized carbons (Fsp3) is 0.200. The van der Waals surface area contributed by atoms with Crippen LogP contribution in [0, 0.1) is 0 Å². The Bertz CT molecular complexity index is 434. The highest BCUT2D eigenvalue weighted by Gasteiger charge is 2.15. The van der Waals surface area contributed by atoms with Crippen LogP contribution in [0.3, 0.4) is 0 Å². The lowest BCUT2D eigenvalue weighted by molar-refractivity contribution is 0.0600. The summed E-state index contributed by atoms with van der Waals surface area (Å²) in [5.74, 6) is -2.45. The quantitative estimate of drug-likeness (QED) is 0.600. The first-order chi connectivity index (χ1) is 7.45. The van der Waals surface area contributed by atoms with E-state index in [4.69, 9.17) is 5.11 Å². The number of carboxylic acids is 1. The van der Waals surface area contributed by atoms with Crippen LogP contribution in [0.1, 0.15) is 38.3 Å². The van der Waals surface area contributed by atoms with Crippen LogP contribution in [-0.2, 0) is 4.74 Å². The number of aromatic carboxylic acids is 1. The van der Waals surface area contributed by atoms with Crippen molar-refractivity contribution in [1.82, 2.24) is 4.98 Å². The van der Waals surface area contributed by atoms with Crippen molar-refractivity contribution >= 4 is 17.7 Å². The summed E-state index contributed by atoms with van der Waals surface area (Å²) in [5.41, 5.74) is -0.464. The number of methoxy groups -OCH3 is 1. The van der Waals surface area contributed by atoms with Crippen LogP contribution in [0.2, 0.25) is 0 Å². The molecule has 0 aliphatic carbocycles. The third-order valence-corrected chi connectivity index (χ3v) is 1.83. The second-order valence-electron chi connectivity index (χ2n) is 2.98. The molecule has 0 atom stereocenters. The van der Waals surface area contributed by atoms with E-state index in [1.165, 1.54) is 13.0 Å². The summed E-state index contributed by atoms with van der Waals surface area (Å²) >= 11 is 0. The monoisotopic (exact) mass is 223 g/mol. The number of carbonyl (C=O) groups excluding carboxylic acids is 2. The number of hydrogen-bond donors (Lipinski definition) is 1. The Balaban J connectivity index is 3.35. The van der Waals surface area contributed by atoms with Gasteiger partial charge >= 0.3 is 11.9 Å². The van der Waals surface area contributed by atoms with E-state index in [0.717, 1.165) is 13.2 Å². The van der Waals surface area contributed by atoms with Gasteiger partial charge in [0.2, 0.25) is 0 Å². The van der Waals surface area contributed by atoms with E-state index >= 15 is 0 Å². The summed E-state index contributed by atoms with van der Waals surface area (Å²) in [5, 5.41) is 8.74. The molecule has 0 bridgehead atoms. The number of ether oxygens (including phenoxy) is 1. The van der Waals surface area contributed by atoms with E-state index in [2.05, 4.69) is 9.72 Å². The first kappa shape index (κ1) is 11.8. The maximum absolute atomic E-state index is 11.2. The van der Waals surface area contributed by atoms with Crippen molar-refractivity contribution in [3.8, 4) is 0 Å². The number of rotatable bonds is 3. The summed E-state index contributed by atoms with van der Waals surface area (Å²) in [7, 11) is 1.16. The van der Waals surface area contributed by atoms with Gasteiger partial charge in [0, 0.05) is 6.92 Å². The Morgan fingerprint density at radius 3 is 2.25 bits per heavy atom. The number of hydrogen-bond acceptors (Lipinski definition) is 5. The lowest BCUT2D eigenvalue weighted by atomic mass is 10.1. The van der Waals surface area contributed by atoms with Gasteiger partial charge in [0.05, 0.1) is 12.7 Å². The molecular weight excluding hydrogens is 214 g/mol. The second-order valence-corrected chi connectivity index (χ2v) is 2.98. The van der Waals surface area contributed by atoms with Gasteiger partial charge in [-0.15, -0.1) is 0 Å². The standard InChI is InChI=1S/C10H9NO5/c1-5(12)7-3-6(10(15)16-2)4-8(11-7)9(13)14/h3-4H,1-2H3,(H,13,14). The fourth-order valence-corrected chi connectivity index (χ4v) is 1.06. The molecule has 84 valence electrons. The molecule has 1 N–H and O–H groups in total. The van der Waals surface area contributed by atoms with Crippen LogP contribution < -0.4 is 0 Å². The molecule has 0 amide bonds. The highest BCUT2D eigenvalue weighted by atomic mass is 16.5. The van der Waals surface area contributed by atoms with Gasteiger partial charge in [-0.3, -0.25) is 4.79 Å². The van der Waals surface area contributed by atoms with Gasteiger partial charge in [0.15, 0.2) is 5.78 Å². The number of carboxylic acid groups (broad SMARTS) is 1. The zero-order chi connectivity index (χ0) is 12.3. The zero-order valence-electron chi connectivity index (χ0n) is 8.68. The van der Waals surface area contributed by atoms with Gasteiger partial charge in [-0.2, -0.15) is 0 Å². The molecule has 1 aromatic heterocycles. The van der Waals surface area contributed by atoms with E-state index in [1.54, 1.807) is 0 Å². The molecule has 0 radical (unpaired) electrons. The number of Topliss-reactive ketones (excluding diaryl/α,β-unsaturated/α-hetero) is 1. The molecule has 16 heavy (non-hydrogen) atoms. The molecule has 0 aliphatic heterocycles. The first-order valence-corrected chi connectivity index (χ1v) is 4.30. The molecule has 0 fully saturated rings. The second kappa shape index (κ2) is 4.52. The zero-order valence-corrected chi connectivity index (χ0v) is 8.68. The summed E-state index contributed by atoms with van der Waals surface area (Å²) in [6.45, 7) is 1.23. The van der Waals surface area contributed by atoms with Crippen molar-refractivity contribution in [1.29, 1.82) is 0 Å². The molecule has 0 saturated carbocycles. The number of pyridine rings is 1. The minimum Gasteiger partial charge on any atom is -0.477 e. The van der Waals surface area contributed by atoms with Gasteiger partial charge < -0.3 is 9.84 Å². The Labute approximate surface area is 90.9 Å². The Kier molecular flexibility index (Phi) is 3.34. The average molecular weight is 223 g/mol. The van der Waals surface area contributed by atoms with Gasteiger partial charge in [-0.25, -0.2) is 14.6 Å². The van der Waals surface area contributed by atoms with Crippen molar-refractivity contribution in [2.75, 3.05) is 7.11 Å². The lowest BCUT2D eigenvalue weighted by Gasteiger charge is -2.03. The number of carbonyl (C=O) groups is 3. The van der Waals surface area contributed by atoms with Crippen molar-refractivity contribution in [2.24, 2.45) is 0 Å². The summed E-state index contributed by atoms with van der Waals surface area (Å²) in [6.07, 6.45) is 0.